The molecule has 1 saturated carbocycles. The Morgan fingerprint density at radius 3 is 2.20 bits per heavy atom. The van der Waals surface area contributed by atoms with Crippen molar-refractivity contribution in [2.45, 2.75) is 70.3 Å². The summed E-state index contributed by atoms with van der Waals surface area (Å²) in [6, 6.07) is 0.866. The predicted octanol–water partition coefficient (Wildman–Crippen LogP) is 3.91. The largest absolute Gasteiger partial charge is 0.314 e. The molecular weight excluding hydrogens is 206 g/mol. The van der Waals surface area contributed by atoms with Crippen molar-refractivity contribution < 1.29 is 0 Å². The fourth-order valence-electron chi connectivity index (χ4n) is 3.08. The van der Waals surface area contributed by atoms with E-state index in [-0.39, 0.29) is 12.4 Å². The standard InChI is InChI=1S/C13H25N.ClH/c1-2-6-12(7-3-1)9-10-13-8-4-5-11-14-13;/h12-14H,1-11H2;1H. The fraction of sp³-hybridized carbons (Fsp3) is 1.00. The maximum atomic E-state index is 3.66. The lowest BCUT2D eigenvalue weighted by atomic mass is 9.84. The van der Waals surface area contributed by atoms with E-state index in [0.29, 0.717) is 0 Å². The quantitative estimate of drug-likeness (QED) is 0.777. The average Bonchev–Trinajstić information content (AvgIpc) is 2.29. The second kappa shape index (κ2) is 7.51. The van der Waals surface area contributed by atoms with Crippen LogP contribution < -0.4 is 5.32 Å². The van der Waals surface area contributed by atoms with Gasteiger partial charge in [-0.25, -0.2) is 0 Å². The Balaban J connectivity index is 0.00000112. The van der Waals surface area contributed by atoms with Crippen LogP contribution in [-0.4, -0.2) is 12.6 Å². The van der Waals surface area contributed by atoms with Gasteiger partial charge in [-0.2, -0.15) is 0 Å². The van der Waals surface area contributed by atoms with E-state index in [0.717, 1.165) is 12.0 Å². The van der Waals surface area contributed by atoms with Crippen molar-refractivity contribution in [1.29, 1.82) is 0 Å². The Labute approximate surface area is 101 Å². The molecule has 1 saturated heterocycles. The Hall–Kier alpha value is 0.250. The van der Waals surface area contributed by atoms with Gasteiger partial charge in [0.25, 0.3) is 0 Å². The van der Waals surface area contributed by atoms with Gasteiger partial charge in [0.05, 0.1) is 0 Å². The van der Waals surface area contributed by atoms with Gasteiger partial charge in [-0.3, -0.25) is 0 Å². The van der Waals surface area contributed by atoms with Gasteiger partial charge >= 0.3 is 0 Å². The van der Waals surface area contributed by atoms with Crippen molar-refractivity contribution in [3.63, 3.8) is 0 Å². The van der Waals surface area contributed by atoms with E-state index in [1.807, 2.05) is 0 Å². The number of hydrogen-bond donors (Lipinski definition) is 1. The molecule has 2 heteroatoms. The zero-order valence-corrected chi connectivity index (χ0v) is 10.7. The molecule has 2 rings (SSSR count). The summed E-state index contributed by atoms with van der Waals surface area (Å²) in [4.78, 5) is 0. The molecule has 90 valence electrons. The minimum atomic E-state index is 0. The van der Waals surface area contributed by atoms with Crippen LogP contribution in [0.15, 0.2) is 0 Å². The third-order valence-electron chi connectivity index (χ3n) is 4.06. The number of nitrogens with one attached hydrogen (secondary N) is 1. The molecule has 1 aliphatic carbocycles. The van der Waals surface area contributed by atoms with Crippen LogP contribution in [-0.2, 0) is 0 Å². The first-order valence-corrected chi connectivity index (χ1v) is 6.68. The van der Waals surface area contributed by atoms with E-state index in [1.54, 1.807) is 0 Å². The summed E-state index contributed by atoms with van der Waals surface area (Å²) in [7, 11) is 0. The number of piperidine rings is 1. The second-order valence-corrected chi connectivity index (χ2v) is 5.23. The van der Waals surface area contributed by atoms with Gasteiger partial charge in [-0.05, 0) is 38.1 Å². The van der Waals surface area contributed by atoms with Gasteiger partial charge in [0.1, 0.15) is 0 Å². The minimum Gasteiger partial charge on any atom is -0.314 e. The van der Waals surface area contributed by atoms with Crippen LogP contribution in [0.1, 0.15) is 64.2 Å². The predicted molar refractivity (Wildman–Crippen MR) is 68.7 cm³/mol. The molecule has 1 atom stereocenters. The molecule has 0 amide bonds. The minimum absolute atomic E-state index is 0. The Morgan fingerprint density at radius 2 is 1.53 bits per heavy atom. The first-order chi connectivity index (χ1) is 6.95. The van der Waals surface area contributed by atoms with Crippen molar-refractivity contribution in [1.82, 2.24) is 5.32 Å². The third kappa shape index (κ3) is 4.74. The lowest BCUT2D eigenvalue weighted by Crippen LogP contribution is -2.34. The van der Waals surface area contributed by atoms with Crippen LogP contribution in [0.3, 0.4) is 0 Å². The van der Waals surface area contributed by atoms with Crippen LogP contribution in [0.5, 0.6) is 0 Å². The second-order valence-electron chi connectivity index (χ2n) is 5.23. The Kier molecular flexibility index (Phi) is 6.67. The van der Waals surface area contributed by atoms with Gasteiger partial charge in [-0.15, -0.1) is 12.4 Å². The fourth-order valence-corrected chi connectivity index (χ4v) is 3.08. The molecule has 0 aromatic carbocycles. The Bertz CT molecular complexity index is 131. The smallest absolute Gasteiger partial charge is 0.00671 e. The lowest BCUT2D eigenvalue weighted by Gasteiger charge is -2.27. The molecule has 1 unspecified atom stereocenters. The first-order valence-electron chi connectivity index (χ1n) is 6.68. The molecule has 0 aromatic heterocycles. The SMILES string of the molecule is C1CCC(CCC2CCCCN2)CC1.Cl. The van der Waals surface area contributed by atoms with E-state index in [1.165, 1.54) is 70.8 Å². The summed E-state index contributed by atoms with van der Waals surface area (Å²) in [5, 5.41) is 3.66. The van der Waals surface area contributed by atoms with Gasteiger partial charge in [0.15, 0.2) is 0 Å². The molecule has 1 heterocycles. The van der Waals surface area contributed by atoms with E-state index in [9.17, 15) is 0 Å². The molecule has 1 N–H and O–H groups in total. The molecule has 0 spiro atoms. The molecule has 0 radical (unpaired) electrons. The molecule has 0 aromatic rings. The zero-order valence-electron chi connectivity index (χ0n) is 9.84. The average molecular weight is 232 g/mol. The molecule has 0 bridgehead atoms. The molecular formula is C13H26ClN. The van der Waals surface area contributed by atoms with Gasteiger partial charge in [0.2, 0.25) is 0 Å². The van der Waals surface area contributed by atoms with Crippen LogP contribution in [0.2, 0.25) is 0 Å². The normalized spacial score (nSPS) is 28.4. The van der Waals surface area contributed by atoms with Crippen LogP contribution in [0, 0.1) is 5.92 Å². The number of rotatable bonds is 3. The summed E-state index contributed by atoms with van der Waals surface area (Å²) in [6.07, 6.45) is 14.8. The van der Waals surface area contributed by atoms with Gasteiger partial charge in [0, 0.05) is 6.04 Å². The van der Waals surface area contributed by atoms with Crippen LogP contribution >= 0.6 is 12.4 Å². The van der Waals surface area contributed by atoms with Crippen molar-refractivity contribution in [2.75, 3.05) is 6.54 Å². The van der Waals surface area contributed by atoms with Crippen molar-refractivity contribution in [3.8, 4) is 0 Å². The maximum absolute atomic E-state index is 3.66. The Morgan fingerprint density at radius 1 is 0.800 bits per heavy atom. The third-order valence-corrected chi connectivity index (χ3v) is 4.06. The number of hydrogen-bond acceptors (Lipinski definition) is 1. The molecule has 2 aliphatic rings. The van der Waals surface area contributed by atoms with Crippen LogP contribution in [0.4, 0.5) is 0 Å². The molecule has 1 nitrogen and oxygen atoms in total. The van der Waals surface area contributed by atoms with Crippen LogP contribution in [0.25, 0.3) is 0 Å². The topological polar surface area (TPSA) is 12.0 Å². The van der Waals surface area contributed by atoms with E-state index in [4.69, 9.17) is 0 Å². The highest BCUT2D eigenvalue weighted by atomic mass is 35.5. The summed E-state index contributed by atoms with van der Waals surface area (Å²) >= 11 is 0. The van der Waals surface area contributed by atoms with E-state index < -0.39 is 0 Å². The number of halogens is 1. The zero-order chi connectivity index (χ0) is 9.64. The van der Waals surface area contributed by atoms with Gasteiger partial charge in [-0.1, -0.05) is 38.5 Å². The summed E-state index contributed by atoms with van der Waals surface area (Å²) in [5.74, 6) is 1.08. The van der Waals surface area contributed by atoms with E-state index in [2.05, 4.69) is 5.32 Å². The molecule has 15 heavy (non-hydrogen) atoms. The van der Waals surface area contributed by atoms with Crippen molar-refractivity contribution >= 4 is 12.4 Å². The van der Waals surface area contributed by atoms with Gasteiger partial charge < -0.3 is 5.32 Å². The molecule has 1 aliphatic heterocycles. The summed E-state index contributed by atoms with van der Waals surface area (Å²) in [5.41, 5.74) is 0. The molecule has 2 fully saturated rings. The first kappa shape index (κ1) is 13.3. The monoisotopic (exact) mass is 231 g/mol. The summed E-state index contributed by atoms with van der Waals surface area (Å²) < 4.78 is 0. The highest BCUT2D eigenvalue weighted by Gasteiger charge is 2.17. The van der Waals surface area contributed by atoms with Crippen molar-refractivity contribution in [3.05, 3.63) is 0 Å². The maximum Gasteiger partial charge on any atom is 0.00671 e. The van der Waals surface area contributed by atoms with Crippen molar-refractivity contribution in [2.24, 2.45) is 5.92 Å². The summed E-state index contributed by atoms with van der Waals surface area (Å²) in [6.45, 7) is 1.27. The highest BCUT2D eigenvalue weighted by Crippen LogP contribution is 2.28. The van der Waals surface area contributed by atoms with E-state index >= 15 is 0 Å². The lowest BCUT2D eigenvalue weighted by molar-refractivity contribution is 0.295. The highest BCUT2D eigenvalue weighted by molar-refractivity contribution is 5.85.